The first kappa shape index (κ1) is 14.5. The van der Waals surface area contributed by atoms with Crippen LogP contribution < -0.4 is 5.32 Å². The van der Waals surface area contributed by atoms with Crippen LogP contribution in [0.2, 0.25) is 0 Å². The standard InChI is InChI=1S/C17H23FN2O/c1-2-3-8-15-17(21)20(11-12-9-10-12)16(19-15)13-6-4-5-7-14(13)18/h4-7,12,15-16,19H,2-3,8-11H2,1H3. The minimum atomic E-state index is -0.304. The molecule has 1 aromatic rings. The highest BCUT2D eigenvalue weighted by molar-refractivity contribution is 5.84. The van der Waals surface area contributed by atoms with Gasteiger partial charge in [0, 0.05) is 12.1 Å². The van der Waals surface area contributed by atoms with E-state index in [-0.39, 0.29) is 23.9 Å². The molecule has 1 amide bonds. The van der Waals surface area contributed by atoms with Gasteiger partial charge in [0.25, 0.3) is 0 Å². The van der Waals surface area contributed by atoms with Gasteiger partial charge in [0.2, 0.25) is 5.91 Å². The van der Waals surface area contributed by atoms with E-state index >= 15 is 0 Å². The van der Waals surface area contributed by atoms with Crippen molar-refractivity contribution in [1.82, 2.24) is 10.2 Å². The van der Waals surface area contributed by atoms with Gasteiger partial charge >= 0.3 is 0 Å². The summed E-state index contributed by atoms with van der Waals surface area (Å²) in [6, 6.07) is 6.61. The summed E-state index contributed by atoms with van der Waals surface area (Å²) in [6.07, 6.45) is 4.99. The Morgan fingerprint density at radius 3 is 2.76 bits per heavy atom. The molecule has 0 radical (unpaired) electrons. The molecule has 0 aromatic heterocycles. The number of amides is 1. The van der Waals surface area contributed by atoms with Crippen molar-refractivity contribution in [3.63, 3.8) is 0 Å². The van der Waals surface area contributed by atoms with Crippen LogP contribution in [-0.2, 0) is 4.79 Å². The molecule has 0 bridgehead atoms. The quantitative estimate of drug-likeness (QED) is 0.872. The van der Waals surface area contributed by atoms with Gasteiger partial charge in [-0.15, -0.1) is 0 Å². The largest absolute Gasteiger partial charge is 0.321 e. The third-order valence-corrected chi connectivity index (χ3v) is 4.45. The third kappa shape index (κ3) is 3.10. The Balaban J connectivity index is 1.81. The Kier molecular flexibility index (Phi) is 4.24. The second-order valence-electron chi connectivity index (χ2n) is 6.22. The van der Waals surface area contributed by atoms with Crippen LogP contribution in [0.1, 0.15) is 50.8 Å². The first-order valence-corrected chi connectivity index (χ1v) is 8.01. The monoisotopic (exact) mass is 290 g/mol. The summed E-state index contributed by atoms with van der Waals surface area (Å²) < 4.78 is 14.1. The van der Waals surface area contributed by atoms with Crippen molar-refractivity contribution in [1.29, 1.82) is 0 Å². The van der Waals surface area contributed by atoms with Crippen LogP contribution in [0.25, 0.3) is 0 Å². The van der Waals surface area contributed by atoms with E-state index in [9.17, 15) is 9.18 Å². The van der Waals surface area contributed by atoms with E-state index in [2.05, 4.69) is 12.2 Å². The van der Waals surface area contributed by atoms with Gasteiger partial charge in [-0.3, -0.25) is 10.1 Å². The zero-order valence-electron chi connectivity index (χ0n) is 12.5. The zero-order valence-corrected chi connectivity index (χ0v) is 12.5. The number of hydrogen-bond donors (Lipinski definition) is 1. The van der Waals surface area contributed by atoms with Gasteiger partial charge in [-0.1, -0.05) is 38.0 Å². The van der Waals surface area contributed by atoms with Crippen LogP contribution in [0.4, 0.5) is 4.39 Å². The van der Waals surface area contributed by atoms with Crippen molar-refractivity contribution in [2.75, 3.05) is 6.54 Å². The molecule has 2 atom stereocenters. The maximum Gasteiger partial charge on any atom is 0.241 e. The van der Waals surface area contributed by atoms with Crippen LogP contribution in [0, 0.1) is 11.7 Å². The predicted molar refractivity (Wildman–Crippen MR) is 80.0 cm³/mol. The Bertz CT molecular complexity index is 515. The average Bonchev–Trinajstić information content (AvgIpc) is 3.25. The molecule has 3 rings (SSSR count). The lowest BCUT2D eigenvalue weighted by Crippen LogP contribution is -2.33. The molecule has 1 N–H and O–H groups in total. The molecule has 1 aromatic carbocycles. The number of nitrogens with zero attached hydrogens (tertiary/aromatic N) is 1. The van der Waals surface area contributed by atoms with E-state index in [1.165, 1.54) is 18.9 Å². The third-order valence-electron chi connectivity index (χ3n) is 4.45. The first-order valence-electron chi connectivity index (χ1n) is 8.01. The summed E-state index contributed by atoms with van der Waals surface area (Å²) in [5.41, 5.74) is 0.588. The minimum absolute atomic E-state index is 0.142. The fourth-order valence-electron chi connectivity index (χ4n) is 3.02. The maximum atomic E-state index is 14.1. The fraction of sp³-hybridized carbons (Fsp3) is 0.588. The van der Waals surface area contributed by atoms with Gasteiger partial charge in [0.1, 0.15) is 12.0 Å². The summed E-state index contributed by atoms with van der Waals surface area (Å²) in [4.78, 5) is 14.5. The highest BCUT2D eigenvalue weighted by Gasteiger charge is 2.42. The van der Waals surface area contributed by atoms with E-state index in [0.29, 0.717) is 11.5 Å². The van der Waals surface area contributed by atoms with Crippen molar-refractivity contribution >= 4 is 5.91 Å². The predicted octanol–water partition coefficient (Wildman–Crippen LogP) is 3.22. The van der Waals surface area contributed by atoms with E-state index in [0.717, 1.165) is 25.8 Å². The normalized spacial score (nSPS) is 25.6. The fourth-order valence-corrected chi connectivity index (χ4v) is 3.02. The number of halogens is 1. The molecule has 1 heterocycles. The Morgan fingerprint density at radius 1 is 1.33 bits per heavy atom. The molecule has 0 spiro atoms. The number of unbranched alkanes of at least 4 members (excludes halogenated alkanes) is 1. The van der Waals surface area contributed by atoms with E-state index in [1.54, 1.807) is 12.1 Å². The van der Waals surface area contributed by atoms with Gasteiger partial charge in [-0.05, 0) is 31.2 Å². The molecule has 4 heteroatoms. The van der Waals surface area contributed by atoms with Crippen LogP contribution in [-0.4, -0.2) is 23.4 Å². The maximum absolute atomic E-state index is 14.1. The summed E-state index contributed by atoms with van der Waals surface area (Å²) >= 11 is 0. The smallest absolute Gasteiger partial charge is 0.241 e. The van der Waals surface area contributed by atoms with Crippen LogP contribution in [0.5, 0.6) is 0 Å². The Hall–Kier alpha value is -1.42. The number of carbonyl (C=O) groups excluding carboxylic acids is 1. The number of hydrogen-bond acceptors (Lipinski definition) is 2. The summed E-state index contributed by atoms with van der Waals surface area (Å²) in [5, 5.41) is 3.35. The molecule has 1 aliphatic heterocycles. The molecule has 2 aliphatic rings. The Morgan fingerprint density at radius 2 is 2.10 bits per heavy atom. The second kappa shape index (κ2) is 6.14. The van der Waals surface area contributed by atoms with Crippen molar-refractivity contribution in [3.05, 3.63) is 35.6 Å². The lowest BCUT2D eigenvalue weighted by atomic mass is 10.1. The summed E-state index contributed by atoms with van der Waals surface area (Å²) in [5.74, 6) is 0.512. The summed E-state index contributed by atoms with van der Waals surface area (Å²) in [6.45, 7) is 2.88. The van der Waals surface area contributed by atoms with Gasteiger partial charge < -0.3 is 4.90 Å². The van der Waals surface area contributed by atoms with Crippen LogP contribution in [0.3, 0.4) is 0 Å². The van der Waals surface area contributed by atoms with Crippen molar-refractivity contribution in [3.8, 4) is 0 Å². The van der Waals surface area contributed by atoms with Crippen molar-refractivity contribution in [2.45, 2.75) is 51.2 Å². The first-order chi connectivity index (χ1) is 10.2. The van der Waals surface area contributed by atoms with Crippen LogP contribution >= 0.6 is 0 Å². The molecule has 1 saturated carbocycles. The molecule has 114 valence electrons. The second-order valence-corrected chi connectivity index (χ2v) is 6.22. The SMILES string of the molecule is CCCCC1NC(c2ccccc2F)N(CC2CC2)C1=O. The summed E-state index contributed by atoms with van der Waals surface area (Å²) in [7, 11) is 0. The van der Waals surface area contributed by atoms with E-state index < -0.39 is 0 Å². The number of rotatable bonds is 6. The van der Waals surface area contributed by atoms with Gasteiger partial charge in [0.05, 0.1) is 6.04 Å². The van der Waals surface area contributed by atoms with Crippen molar-refractivity contribution in [2.24, 2.45) is 5.92 Å². The number of carbonyl (C=O) groups is 1. The Labute approximate surface area is 125 Å². The minimum Gasteiger partial charge on any atom is -0.321 e. The molecular weight excluding hydrogens is 267 g/mol. The molecular formula is C17H23FN2O. The van der Waals surface area contributed by atoms with E-state index in [1.807, 2.05) is 11.0 Å². The number of nitrogens with one attached hydrogen (secondary N) is 1. The highest BCUT2D eigenvalue weighted by atomic mass is 19.1. The van der Waals surface area contributed by atoms with Gasteiger partial charge in [0.15, 0.2) is 0 Å². The topological polar surface area (TPSA) is 32.3 Å². The average molecular weight is 290 g/mol. The number of benzene rings is 1. The van der Waals surface area contributed by atoms with Gasteiger partial charge in [-0.25, -0.2) is 4.39 Å². The molecule has 2 unspecified atom stereocenters. The van der Waals surface area contributed by atoms with Gasteiger partial charge in [-0.2, -0.15) is 0 Å². The molecule has 21 heavy (non-hydrogen) atoms. The highest BCUT2D eigenvalue weighted by Crippen LogP contribution is 2.35. The lowest BCUT2D eigenvalue weighted by molar-refractivity contribution is -0.130. The molecule has 1 aliphatic carbocycles. The van der Waals surface area contributed by atoms with E-state index in [4.69, 9.17) is 0 Å². The zero-order chi connectivity index (χ0) is 14.8. The molecule has 1 saturated heterocycles. The van der Waals surface area contributed by atoms with Crippen LogP contribution in [0.15, 0.2) is 24.3 Å². The van der Waals surface area contributed by atoms with Crippen molar-refractivity contribution < 1.29 is 9.18 Å². The molecule has 3 nitrogen and oxygen atoms in total. The molecule has 2 fully saturated rings. The lowest BCUT2D eigenvalue weighted by Gasteiger charge is -2.24.